The lowest BCUT2D eigenvalue weighted by atomic mass is 10.0. The highest BCUT2D eigenvalue weighted by molar-refractivity contribution is 7.20. The van der Waals surface area contributed by atoms with Crippen LogP contribution < -0.4 is 21.7 Å². The van der Waals surface area contributed by atoms with Gasteiger partial charge in [0.2, 0.25) is 11.7 Å². The van der Waals surface area contributed by atoms with Gasteiger partial charge in [0, 0.05) is 38.4 Å². The van der Waals surface area contributed by atoms with Gasteiger partial charge in [-0.05, 0) is 68.7 Å². The Morgan fingerprint density at radius 2 is 1.75 bits per heavy atom. The van der Waals surface area contributed by atoms with E-state index in [4.69, 9.17) is 5.73 Å². The maximum atomic E-state index is 12.3. The molecule has 5 N–H and O–H groups in total. The van der Waals surface area contributed by atoms with E-state index in [1.165, 1.54) is 11.7 Å². The number of nitrogens with one attached hydrogen (secondary N) is 3. The minimum absolute atomic E-state index is 0.0185. The Labute approximate surface area is 264 Å². The summed E-state index contributed by atoms with van der Waals surface area (Å²) in [5, 5.41) is 10.0. The Morgan fingerprint density at radius 3 is 2.30 bits per heavy atom. The van der Waals surface area contributed by atoms with Gasteiger partial charge in [-0.25, -0.2) is 9.98 Å². The molecule has 11 nitrogen and oxygen atoms in total. The molecule has 4 rings (SSSR count). The number of piperidine rings is 1. The van der Waals surface area contributed by atoms with E-state index in [-0.39, 0.29) is 23.7 Å². The molecule has 1 saturated heterocycles. The second kappa shape index (κ2) is 18.5. The molecular weight excluding hydrogens is 576 g/mol. The number of amides is 3. The normalized spacial score (nSPS) is 15.5. The lowest BCUT2D eigenvalue weighted by Crippen LogP contribution is -2.45. The van der Waals surface area contributed by atoms with Gasteiger partial charge in [-0.3, -0.25) is 19.3 Å². The summed E-state index contributed by atoms with van der Waals surface area (Å²) in [6.45, 7) is 5.95. The van der Waals surface area contributed by atoms with Crippen LogP contribution in [0.25, 0.3) is 10.1 Å². The van der Waals surface area contributed by atoms with Crippen LogP contribution in [0, 0.1) is 0 Å². The molecule has 0 radical (unpaired) electrons. The van der Waals surface area contributed by atoms with E-state index in [0.29, 0.717) is 5.69 Å². The van der Waals surface area contributed by atoms with Crippen LogP contribution in [-0.4, -0.2) is 94.1 Å². The SMILES string of the molecule is CC.CNC(=O)C(N=CN)=Nc1ccc([C@@H](C(=O)N(C)C)N(C)C)cc1.O=C(NC1CCCNC1)c1cc2ccccc2s1. The minimum atomic E-state index is -0.435. The van der Waals surface area contributed by atoms with E-state index in [0.717, 1.165) is 48.1 Å². The summed E-state index contributed by atoms with van der Waals surface area (Å²) in [4.78, 5) is 48.3. The summed E-state index contributed by atoms with van der Waals surface area (Å²) >= 11 is 1.56. The smallest absolute Gasteiger partial charge is 0.288 e. The van der Waals surface area contributed by atoms with Crippen molar-refractivity contribution in [3.05, 3.63) is 65.0 Å². The number of benzene rings is 2. The molecule has 12 heteroatoms. The van der Waals surface area contributed by atoms with Crippen molar-refractivity contribution in [2.75, 3.05) is 48.3 Å². The van der Waals surface area contributed by atoms with Crippen molar-refractivity contribution < 1.29 is 14.4 Å². The molecule has 238 valence electrons. The topological polar surface area (TPSA) is 145 Å². The van der Waals surface area contributed by atoms with Crippen molar-refractivity contribution >= 4 is 57.0 Å². The summed E-state index contributed by atoms with van der Waals surface area (Å²) in [6.07, 6.45) is 3.22. The number of thiophene rings is 1. The number of hydrogen-bond acceptors (Lipinski definition) is 7. The van der Waals surface area contributed by atoms with Crippen LogP contribution >= 0.6 is 11.3 Å². The van der Waals surface area contributed by atoms with E-state index >= 15 is 0 Å². The van der Waals surface area contributed by atoms with Crippen LogP contribution in [0.15, 0.2) is 64.6 Å². The van der Waals surface area contributed by atoms with Crippen LogP contribution in [0.3, 0.4) is 0 Å². The summed E-state index contributed by atoms with van der Waals surface area (Å²) in [6, 6.07) is 17.0. The van der Waals surface area contributed by atoms with Gasteiger partial charge in [0.05, 0.1) is 16.9 Å². The van der Waals surface area contributed by atoms with Crippen LogP contribution in [0.2, 0.25) is 0 Å². The van der Waals surface area contributed by atoms with Gasteiger partial charge in [0.15, 0.2) is 0 Å². The quantitative estimate of drug-likeness (QED) is 0.245. The zero-order chi connectivity index (χ0) is 32.6. The molecule has 0 aliphatic carbocycles. The monoisotopic (exact) mass is 622 g/mol. The number of nitrogens with zero attached hydrogens (tertiary/aromatic N) is 4. The van der Waals surface area contributed by atoms with Crippen molar-refractivity contribution in [3.63, 3.8) is 0 Å². The number of aliphatic imine (C=N–C) groups is 2. The number of hydrogen-bond donors (Lipinski definition) is 4. The van der Waals surface area contributed by atoms with Gasteiger partial charge in [0.1, 0.15) is 6.04 Å². The predicted molar refractivity (Wildman–Crippen MR) is 182 cm³/mol. The molecule has 3 amide bonds. The summed E-state index contributed by atoms with van der Waals surface area (Å²) < 4.78 is 1.17. The molecule has 0 spiro atoms. The molecule has 2 aromatic carbocycles. The van der Waals surface area contributed by atoms with Crippen molar-refractivity contribution in [1.29, 1.82) is 0 Å². The van der Waals surface area contributed by atoms with E-state index in [1.807, 2.05) is 57.1 Å². The standard InChI is InChI=1S/C16H24N6O2.C14H16N2OS.C2H6/c1-18-15(23)14(19-10-17)20-12-8-6-11(7-9-12)13(21(2)3)16(24)22(4)5;17-14(16-11-5-3-7-15-9-11)13-8-10-4-1-2-6-12(10)18-13;1-2/h6-10,13H,1-5H3,(H,18,23)(H2,17,19,20);1-2,4,6,8,11,15H,3,5,7,9H2,(H,16,17);1-2H3/t13-;;/m0../s1. The predicted octanol–water partition coefficient (Wildman–Crippen LogP) is 3.55. The van der Waals surface area contributed by atoms with Crippen LogP contribution in [-0.2, 0) is 9.59 Å². The first-order valence-corrected chi connectivity index (χ1v) is 15.5. The summed E-state index contributed by atoms with van der Waals surface area (Å²) in [7, 11) is 8.62. The van der Waals surface area contributed by atoms with Crippen LogP contribution in [0.1, 0.15) is 48.0 Å². The highest BCUT2D eigenvalue weighted by Crippen LogP contribution is 2.25. The third kappa shape index (κ3) is 10.5. The number of carbonyl (C=O) groups is 3. The zero-order valence-electron chi connectivity index (χ0n) is 26.8. The van der Waals surface area contributed by atoms with E-state index in [9.17, 15) is 14.4 Å². The average Bonchev–Trinajstić information content (AvgIpc) is 3.48. The Balaban J connectivity index is 0.000000299. The Kier molecular flexibility index (Phi) is 15.2. The number of likely N-dealkylation sites (N-methyl/N-ethyl adjacent to an activating group) is 3. The number of amidine groups is 1. The highest BCUT2D eigenvalue weighted by atomic mass is 32.1. The van der Waals surface area contributed by atoms with Crippen molar-refractivity contribution in [3.8, 4) is 0 Å². The van der Waals surface area contributed by atoms with Crippen LogP contribution in [0.5, 0.6) is 0 Å². The first-order chi connectivity index (χ1) is 21.1. The summed E-state index contributed by atoms with van der Waals surface area (Å²) in [5.74, 6) is -0.434. The Bertz CT molecular complexity index is 1380. The van der Waals surface area contributed by atoms with Gasteiger partial charge in [-0.15, -0.1) is 11.3 Å². The van der Waals surface area contributed by atoms with Crippen molar-refractivity contribution in [2.45, 2.75) is 38.8 Å². The molecule has 2 atom stereocenters. The third-order valence-corrected chi connectivity index (χ3v) is 7.66. The number of carbonyl (C=O) groups excluding carboxylic acids is 3. The van der Waals surface area contributed by atoms with Gasteiger partial charge in [-0.1, -0.05) is 44.2 Å². The molecule has 0 saturated carbocycles. The number of rotatable bonds is 6. The first-order valence-electron chi connectivity index (χ1n) is 14.7. The summed E-state index contributed by atoms with van der Waals surface area (Å²) in [5.41, 5.74) is 6.61. The number of nitrogens with two attached hydrogens (primary N) is 1. The van der Waals surface area contributed by atoms with Crippen molar-refractivity contribution in [2.24, 2.45) is 15.7 Å². The maximum absolute atomic E-state index is 12.3. The average molecular weight is 623 g/mol. The fourth-order valence-corrected chi connectivity index (χ4v) is 5.37. The van der Waals surface area contributed by atoms with Gasteiger partial charge < -0.3 is 26.6 Å². The van der Waals surface area contributed by atoms with E-state index in [1.54, 1.807) is 54.6 Å². The largest absolute Gasteiger partial charge is 0.390 e. The molecule has 1 aliphatic rings. The molecule has 1 aromatic heterocycles. The highest BCUT2D eigenvalue weighted by Gasteiger charge is 2.24. The van der Waals surface area contributed by atoms with E-state index in [2.05, 4.69) is 32.0 Å². The second-order valence-electron chi connectivity index (χ2n) is 10.1. The minimum Gasteiger partial charge on any atom is -0.390 e. The fraction of sp³-hybridized carbons (Fsp3) is 0.406. The zero-order valence-corrected chi connectivity index (χ0v) is 27.6. The molecule has 0 bridgehead atoms. The van der Waals surface area contributed by atoms with Gasteiger partial charge in [-0.2, -0.15) is 0 Å². The van der Waals surface area contributed by atoms with Crippen molar-refractivity contribution in [1.82, 2.24) is 25.8 Å². The van der Waals surface area contributed by atoms with E-state index < -0.39 is 11.9 Å². The molecule has 1 aliphatic heterocycles. The first kappa shape index (κ1) is 36.1. The molecule has 1 unspecified atom stereocenters. The Hall–Kier alpha value is -4.13. The van der Waals surface area contributed by atoms with Gasteiger partial charge in [0.25, 0.3) is 11.8 Å². The number of fused-ring (bicyclic) bond motifs is 1. The molecule has 1 fully saturated rings. The molecule has 44 heavy (non-hydrogen) atoms. The molecule has 2 heterocycles. The fourth-order valence-electron chi connectivity index (χ4n) is 4.41. The lowest BCUT2D eigenvalue weighted by Gasteiger charge is -2.26. The molecule has 3 aromatic rings. The second-order valence-corrected chi connectivity index (χ2v) is 11.2. The Morgan fingerprint density at radius 1 is 1.07 bits per heavy atom. The van der Waals surface area contributed by atoms with Crippen LogP contribution in [0.4, 0.5) is 5.69 Å². The molecular formula is C32H46N8O3S. The third-order valence-electron chi connectivity index (χ3n) is 6.54. The van der Waals surface area contributed by atoms with Gasteiger partial charge >= 0.3 is 0 Å². The lowest BCUT2D eigenvalue weighted by molar-refractivity contribution is -0.133. The maximum Gasteiger partial charge on any atom is 0.288 e.